The van der Waals surface area contributed by atoms with Crippen molar-refractivity contribution in [1.29, 1.82) is 0 Å². The molecule has 0 nitrogen and oxygen atoms in total. The molecule has 1 rings (SSSR count). The number of rotatable bonds is 0. The molecular weight excluding hydrogens is 163 g/mol. The molecule has 3 unspecified atom stereocenters. The van der Waals surface area contributed by atoms with Gasteiger partial charge in [-0.05, 0) is 25.2 Å². The van der Waals surface area contributed by atoms with E-state index in [1.807, 2.05) is 13.8 Å². The summed E-state index contributed by atoms with van der Waals surface area (Å²) in [7, 11) is 0. The van der Waals surface area contributed by atoms with Gasteiger partial charge in [0.1, 0.15) is 6.17 Å². The molecule has 0 saturated heterocycles. The molecule has 0 aliphatic heterocycles. The largest absolute Gasteiger partial charge is 0.247 e. The van der Waals surface area contributed by atoms with Crippen molar-refractivity contribution in [2.75, 3.05) is 0 Å². The van der Waals surface area contributed by atoms with Crippen molar-refractivity contribution in [3.63, 3.8) is 0 Å². The first-order valence-corrected chi connectivity index (χ1v) is 5.44. The Kier molecular flexibility index (Phi) is 3.95. The summed E-state index contributed by atoms with van der Waals surface area (Å²) < 4.78 is 13.8. The normalized spacial score (nSPS) is 37.8. The van der Waals surface area contributed by atoms with Gasteiger partial charge in [0.2, 0.25) is 0 Å². The molecule has 0 spiro atoms. The number of halogens is 1. The van der Waals surface area contributed by atoms with Crippen LogP contribution in [0.2, 0.25) is 0 Å². The Morgan fingerprint density at radius 3 is 2.62 bits per heavy atom. The van der Waals surface area contributed by atoms with Gasteiger partial charge in [-0.15, -0.1) is 0 Å². The van der Waals surface area contributed by atoms with Crippen molar-refractivity contribution in [2.24, 2.45) is 11.8 Å². The molecular formula is C12H21F. The molecule has 0 aromatic carbocycles. The molecule has 3 atom stereocenters. The summed E-state index contributed by atoms with van der Waals surface area (Å²) >= 11 is 0. The zero-order valence-corrected chi connectivity index (χ0v) is 8.85. The van der Waals surface area contributed by atoms with E-state index in [-0.39, 0.29) is 11.8 Å². The van der Waals surface area contributed by atoms with Crippen LogP contribution in [0.25, 0.3) is 0 Å². The van der Waals surface area contributed by atoms with E-state index in [1.54, 1.807) is 0 Å². The lowest BCUT2D eigenvalue weighted by Crippen LogP contribution is -2.21. The van der Waals surface area contributed by atoms with Gasteiger partial charge in [-0.25, -0.2) is 4.39 Å². The van der Waals surface area contributed by atoms with Crippen molar-refractivity contribution in [2.45, 2.75) is 52.1 Å². The van der Waals surface area contributed by atoms with Gasteiger partial charge in [-0.2, -0.15) is 0 Å². The lowest BCUT2D eigenvalue weighted by atomic mass is 9.87. The van der Waals surface area contributed by atoms with Crippen LogP contribution in [-0.4, -0.2) is 6.17 Å². The molecule has 1 heteroatoms. The molecule has 1 saturated carbocycles. The minimum Gasteiger partial charge on any atom is -0.247 e. The van der Waals surface area contributed by atoms with Crippen molar-refractivity contribution in [3.8, 4) is 0 Å². The molecule has 0 radical (unpaired) electrons. The van der Waals surface area contributed by atoms with Crippen LogP contribution >= 0.6 is 0 Å². The second-order valence-electron chi connectivity index (χ2n) is 4.47. The summed E-state index contributed by atoms with van der Waals surface area (Å²) in [6.07, 6.45) is 5.01. The Morgan fingerprint density at radius 2 is 1.92 bits per heavy atom. The Bertz CT molecular complexity index is 174. The van der Waals surface area contributed by atoms with Gasteiger partial charge < -0.3 is 0 Å². The van der Waals surface area contributed by atoms with Crippen LogP contribution in [-0.2, 0) is 0 Å². The van der Waals surface area contributed by atoms with E-state index in [2.05, 4.69) is 6.58 Å². The summed E-state index contributed by atoms with van der Waals surface area (Å²) in [6, 6.07) is 0. The molecule has 13 heavy (non-hydrogen) atoms. The maximum atomic E-state index is 13.8. The highest BCUT2D eigenvalue weighted by atomic mass is 19.1. The highest BCUT2D eigenvalue weighted by Gasteiger charge is 2.25. The maximum absolute atomic E-state index is 13.8. The highest BCUT2D eigenvalue weighted by molar-refractivity contribution is 5.03. The van der Waals surface area contributed by atoms with Crippen molar-refractivity contribution in [1.82, 2.24) is 0 Å². The van der Waals surface area contributed by atoms with E-state index in [1.165, 1.54) is 19.3 Å². The molecule has 0 bridgehead atoms. The summed E-state index contributed by atoms with van der Waals surface area (Å²) in [6.45, 7) is 7.99. The molecule has 1 aliphatic rings. The van der Waals surface area contributed by atoms with Crippen molar-refractivity contribution >= 4 is 0 Å². The van der Waals surface area contributed by atoms with Gasteiger partial charge in [0, 0.05) is 5.92 Å². The number of allylic oxidation sites excluding steroid dienone is 1. The fourth-order valence-corrected chi connectivity index (χ4v) is 2.10. The minimum absolute atomic E-state index is 0.0631. The first kappa shape index (κ1) is 10.7. The van der Waals surface area contributed by atoms with Gasteiger partial charge in [0.05, 0.1) is 0 Å². The van der Waals surface area contributed by atoms with Crippen LogP contribution in [0.3, 0.4) is 0 Å². The van der Waals surface area contributed by atoms with Crippen molar-refractivity contribution < 1.29 is 4.39 Å². The van der Waals surface area contributed by atoms with Gasteiger partial charge in [0.25, 0.3) is 0 Å². The average molecular weight is 184 g/mol. The zero-order chi connectivity index (χ0) is 9.84. The van der Waals surface area contributed by atoms with Gasteiger partial charge >= 0.3 is 0 Å². The third-order valence-corrected chi connectivity index (χ3v) is 3.32. The average Bonchev–Trinajstić information content (AvgIpc) is 2.16. The van der Waals surface area contributed by atoms with Gasteiger partial charge in [-0.1, -0.05) is 38.8 Å². The molecule has 76 valence electrons. The van der Waals surface area contributed by atoms with E-state index in [0.717, 1.165) is 18.4 Å². The zero-order valence-electron chi connectivity index (χ0n) is 8.85. The number of hydrogen-bond donors (Lipinski definition) is 0. The predicted octanol–water partition coefficient (Wildman–Crippen LogP) is 4.12. The molecule has 1 fully saturated rings. The Balaban J connectivity index is 2.62. The van der Waals surface area contributed by atoms with E-state index < -0.39 is 6.17 Å². The second-order valence-corrected chi connectivity index (χ2v) is 4.47. The summed E-state index contributed by atoms with van der Waals surface area (Å²) in [4.78, 5) is 0. The van der Waals surface area contributed by atoms with Crippen LogP contribution in [0.4, 0.5) is 4.39 Å². The van der Waals surface area contributed by atoms with E-state index in [0.29, 0.717) is 0 Å². The van der Waals surface area contributed by atoms with Crippen LogP contribution in [0, 0.1) is 11.8 Å². The van der Waals surface area contributed by atoms with E-state index >= 15 is 0 Å². The van der Waals surface area contributed by atoms with Gasteiger partial charge in [-0.3, -0.25) is 0 Å². The lowest BCUT2D eigenvalue weighted by Gasteiger charge is -2.22. The predicted molar refractivity (Wildman–Crippen MR) is 55.4 cm³/mol. The van der Waals surface area contributed by atoms with Crippen LogP contribution < -0.4 is 0 Å². The van der Waals surface area contributed by atoms with E-state index in [9.17, 15) is 4.39 Å². The maximum Gasteiger partial charge on any atom is 0.109 e. The summed E-state index contributed by atoms with van der Waals surface area (Å²) in [5.74, 6) is 0.276. The van der Waals surface area contributed by atoms with E-state index in [4.69, 9.17) is 0 Å². The smallest absolute Gasteiger partial charge is 0.109 e. The molecule has 0 aromatic rings. The van der Waals surface area contributed by atoms with Crippen LogP contribution in [0.1, 0.15) is 46.0 Å². The fourth-order valence-electron chi connectivity index (χ4n) is 2.10. The molecule has 0 amide bonds. The first-order valence-electron chi connectivity index (χ1n) is 5.44. The molecule has 0 heterocycles. The fraction of sp³-hybridized carbons (Fsp3) is 0.833. The summed E-state index contributed by atoms with van der Waals surface area (Å²) in [5.41, 5.74) is 1.11. The van der Waals surface area contributed by atoms with Crippen molar-refractivity contribution in [3.05, 3.63) is 12.2 Å². The monoisotopic (exact) mass is 184 g/mol. The quantitative estimate of drug-likeness (QED) is 0.497. The Morgan fingerprint density at radius 1 is 1.23 bits per heavy atom. The van der Waals surface area contributed by atoms with Gasteiger partial charge in [0.15, 0.2) is 0 Å². The second kappa shape index (κ2) is 4.78. The third-order valence-electron chi connectivity index (χ3n) is 3.32. The topological polar surface area (TPSA) is 0 Å². The molecule has 1 aliphatic carbocycles. The SMILES string of the molecule is C=C1CCCCCC(C)C(F)C1C. The van der Waals surface area contributed by atoms with Crippen LogP contribution in [0.5, 0.6) is 0 Å². The standard InChI is InChI=1S/C12H21F/c1-9-7-5-4-6-8-10(2)12(13)11(9)3/h10-12H,1,4-8H2,2-3H3. The Hall–Kier alpha value is -0.330. The molecule has 0 aromatic heterocycles. The third kappa shape index (κ3) is 2.82. The number of alkyl halides is 1. The lowest BCUT2D eigenvalue weighted by molar-refractivity contribution is 0.180. The summed E-state index contributed by atoms with van der Waals surface area (Å²) in [5, 5.41) is 0. The van der Waals surface area contributed by atoms with Crippen LogP contribution in [0.15, 0.2) is 12.2 Å². The molecule has 0 N–H and O–H groups in total. The highest BCUT2D eigenvalue weighted by Crippen LogP contribution is 2.30. The minimum atomic E-state index is -0.675. The Labute approximate surface area is 81.2 Å². The number of hydrogen-bond acceptors (Lipinski definition) is 0. The first-order chi connectivity index (χ1) is 6.13.